The largest absolute Gasteiger partial charge is 0.514 e. The van der Waals surface area contributed by atoms with Gasteiger partial charge in [0.25, 0.3) is 5.69 Å². The summed E-state index contributed by atoms with van der Waals surface area (Å²) >= 11 is 0. The van der Waals surface area contributed by atoms with Gasteiger partial charge in [0, 0.05) is 24.7 Å². The summed E-state index contributed by atoms with van der Waals surface area (Å²) in [4.78, 5) is 58.1. The van der Waals surface area contributed by atoms with Crippen LogP contribution in [0.1, 0.15) is 33.3 Å². The van der Waals surface area contributed by atoms with Crippen LogP contribution in [0.2, 0.25) is 0 Å². The van der Waals surface area contributed by atoms with Gasteiger partial charge in [0.05, 0.1) is 4.92 Å². The van der Waals surface area contributed by atoms with E-state index in [9.17, 15) is 29.3 Å². The Morgan fingerprint density at radius 1 is 0.917 bits per heavy atom. The highest BCUT2D eigenvalue weighted by atomic mass is 16.7. The van der Waals surface area contributed by atoms with Gasteiger partial charge in [0.15, 0.2) is 0 Å². The number of carbonyl (C=O) groups is 4. The lowest BCUT2D eigenvalue weighted by Gasteiger charge is -2.23. The van der Waals surface area contributed by atoms with Crippen LogP contribution in [0.4, 0.5) is 16.2 Å². The molecule has 2 rings (SSSR count). The number of non-ortho nitro benzene ring substituents is 1. The zero-order valence-corrected chi connectivity index (χ0v) is 20.3. The summed E-state index contributed by atoms with van der Waals surface area (Å²) in [6, 6.07) is 9.80. The van der Waals surface area contributed by atoms with Crippen LogP contribution < -0.4 is 20.7 Å². The minimum atomic E-state index is -0.982. The van der Waals surface area contributed by atoms with Crippen LogP contribution in [-0.2, 0) is 25.7 Å². The van der Waals surface area contributed by atoms with E-state index in [-0.39, 0.29) is 29.9 Å². The molecule has 0 aliphatic heterocycles. The van der Waals surface area contributed by atoms with Gasteiger partial charge in [-0.15, -0.1) is 0 Å². The Balaban J connectivity index is 1.83. The number of hydrogen-bond acceptors (Lipinski definition) is 8. The summed E-state index contributed by atoms with van der Waals surface area (Å²) < 4.78 is 9.98. The first-order valence-electron chi connectivity index (χ1n) is 11.0. The van der Waals surface area contributed by atoms with Gasteiger partial charge in [0.1, 0.15) is 24.4 Å². The van der Waals surface area contributed by atoms with Crippen molar-refractivity contribution < 1.29 is 33.6 Å². The normalized spacial score (nSPS) is 12.1. The van der Waals surface area contributed by atoms with Crippen molar-refractivity contribution in [2.24, 2.45) is 5.92 Å². The van der Waals surface area contributed by atoms with Crippen molar-refractivity contribution in [2.75, 3.05) is 5.32 Å². The van der Waals surface area contributed by atoms with Gasteiger partial charge in [0.2, 0.25) is 17.7 Å². The van der Waals surface area contributed by atoms with E-state index in [0.717, 1.165) is 0 Å². The molecular weight excluding hydrogens is 472 g/mol. The van der Waals surface area contributed by atoms with Crippen molar-refractivity contribution in [3.8, 4) is 5.75 Å². The average molecular weight is 501 g/mol. The number of rotatable bonds is 10. The molecule has 3 amide bonds. The summed E-state index contributed by atoms with van der Waals surface area (Å²) in [6.45, 7) is 6.30. The number of nitrogens with one attached hydrogen (secondary N) is 3. The number of anilines is 1. The van der Waals surface area contributed by atoms with Gasteiger partial charge in [-0.2, -0.15) is 0 Å². The van der Waals surface area contributed by atoms with Crippen LogP contribution >= 0.6 is 0 Å². The number of benzene rings is 2. The van der Waals surface area contributed by atoms with Crippen LogP contribution in [0.3, 0.4) is 0 Å². The Morgan fingerprint density at radius 3 is 2.06 bits per heavy atom. The molecule has 2 atom stereocenters. The van der Waals surface area contributed by atoms with E-state index in [0.29, 0.717) is 11.3 Å². The maximum atomic E-state index is 12.5. The zero-order chi connectivity index (χ0) is 26.8. The second-order valence-electron chi connectivity index (χ2n) is 8.23. The smallest absolute Gasteiger partial charge is 0.429 e. The van der Waals surface area contributed by atoms with Crippen LogP contribution in [-0.4, -0.2) is 40.9 Å². The maximum absolute atomic E-state index is 12.5. The molecule has 0 spiro atoms. The van der Waals surface area contributed by atoms with Crippen molar-refractivity contribution in [3.63, 3.8) is 0 Å². The van der Waals surface area contributed by atoms with E-state index in [1.54, 1.807) is 38.1 Å². The SMILES string of the molecule is CC(=O)N[C@H](C(=O)N[C@@H](C)C(=O)Nc1ccc(COC(=O)Oc2ccc([N+](=O)[O-])cc2)cc1)C(C)C. The van der Waals surface area contributed by atoms with E-state index in [1.807, 2.05) is 0 Å². The Labute approximate surface area is 207 Å². The first-order chi connectivity index (χ1) is 17.0. The number of nitro benzene ring substituents is 1. The standard InChI is InChI=1S/C24H28N4O8/c1-14(2)21(26-16(4)29)23(31)25-15(3)22(30)27-18-7-5-17(6-8-18)13-35-24(32)36-20-11-9-19(10-12-20)28(33)34/h5-12,14-15,21H,13H2,1-4H3,(H,25,31)(H,26,29)(H,27,30)/t15-,21-/m0/s1. The minimum absolute atomic E-state index is 0.0988. The zero-order valence-electron chi connectivity index (χ0n) is 20.3. The van der Waals surface area contributed by atoms with Gasteiger partial charge in [-0.05, 0) is 42.7 Å². The molecule has 0 heterocycles. The molecule has 3 N–H and O–H groups in total. The topological polar surface area (TPSA) is 166 Å². The van der Waals surface area contributed by atoms with Crippen molar-refractivity contribution in [2.45, 2.75) is 46.4 Å². The van der Waals surface area contributed by atoms with Gasteiger partial charge in [-0.25, -0.2) is 4.79 Å². The lowest BCUT2D eigenvalue weighted by Crippen LogP contribution is -2.53. The molecule has 12 heteroatoms. The van der Waals surface area contributed by atoms with E-state index in [2.05, 4.69) is 16.0 Å². The molecule has 0 fully saturated rings. The lowest BCUT2D eigenvalue weighted by atomic mass is 10.0. The molecule has 36 heavy (non-hydrogen) atoms. The lowest BCUT2D eigenvalue weighted by molar-refractivity contribution is -0.384. The molecule has 192 valence electrons. The van der Waals surface area contributed by atoms with E-state index >= 15 is 0 Å². The molecule has 0 aliphatic rings. The van der Waals surface area contributed by atoms with Crippen molar-refractivity contribution in [1.82, 2.24) is 10.6 Å². The fourth-order valence-electron chi connectivity index (χ4n) is 2.96. The molecular formula is C24H28N4O8. The van der Waals surface area contributed by atoms with E-state index < -0.39 is 35.0 Å². The predicted octanol–water partition coefficient (Wildman–Crippen LogP) is 2.91. The van der Waals surface area contributed by atoms with E-state index in [1.165, 1.54) is 38.1 Å². The third kappa shape index (κ3) is 8.70. The summed E-state index contributed by atoms with van der Waals surface area (Å²) in [5.41, 5.74) is 0.940. The highest BCUT2D eigenvalue weighted by Crippen LogP contribution is 2.18. The Bertz CT molecular complexity index is 1100. The van der Waals surface area contributed by atoms with Crippen molar-refractivity contribution >= 4 is 35.3 Å². The first kappa shape index (κ1) is 27.8. The van der Waals surface area contributed by atoms with E-state index in [4.69, 9.17) is 9.47 Å². The van der Waals surface area contributed by atoms with Crippen LogP contribution in [0, 0.1) is 16.0 Å². The number of ether oxygens (including phenoxy) is 2. The fourth-order valence-corrected chi connectivity index (χ4v) is 2.96. The number of hydrogen-bond donors (Lipinski definition) is 3. The molecule has 0 saturated carbocycles. The third-order valence-electron chi connectivity index (χ3n) is 4.89. The summed E-state index contributed by atoms with van der Waals surface area (Å²) in [5.74, 6) is -1.32. The molecule has 0 radical (unpaired) electrons. The third-order valence-corrected chi connectivity index (χ3v) is 4.89. The van der Waals surface area contributed by atoms with Gasteiger partial charge < -0.3 is 25.4 Å². The van der Waals surface area contributed by atoms with Gasteiger partial charge in [-0.1, -0.05) is 26.0 Å². The fraction of sp³-hybridized carbons (Fsp3) is 0.333. The quantitative estimate of drug-likeness (QED) is 0.194. The second kappa shape index (κ2) is 12.8. The predicted molar refractivity (Wildman–Crippen MR) is 129 cm³/mol. The molecule has 0 saturated heterocycles. The number of amides is 3. The first-order valence-corrected chi connectivity index (χ1v) is 11.0. The molecule has 0 aromatic heterocycles. The minimum Gasteiger partial charge on any atom is -0.429 e. The molecule has 0 bridgehead atoms. The number of nitro groups is 1. The van der Waals surface area contributed by atoms with Crippen molar-refractivity contribution in [1.29, 1.82) is 0 Å². The average Bonchev–Trinajstić information content (AvgIpc) is 2.82. The highest BCUT2D eigenvalue weighted by molar-refractivity contribution is 5.98. The van der Waals surface area contributed by atoms with Crippen molar-refractivity contribution in [3.05, 3.63) is 64.2 Å². The Morgan fingerprint density at radius 2 is 1.53 bits per heavy atom. The Kier molecular flexibility index (Phi) is 9.90. The summed E-state index contributed by atoms with van der Waals surface area (Å²) in [6.07, 6.45) is -0.982. The van der Waals surface area contributed by atoms with Gasteiger partial charge >= 0.3 is 6.16 Å². The maximum Gasteiger partial charge on any atom is 0.514 e. The summed E-state index contributed by atoms with van der Waals surface area (Å²) in [7, 11) is 0. The second-order valence-corrected chi connectivity index (χ2v) is 8.23. The Hall–Kier alpha value is -4.48. The van der Waals surface area contributed by atoms with Crippen LogP contribution in [0.25, 0.3) is 0 Å². The molecule has 2 aromatic carbocycles. The van der Waals surface area contributed by atoms with Crippen LogP contribution in [0.5, 0.6) is 5.75 Å². The van der Waals surface area contributed by atoms with Gasteiger partial charge in [-0.3, -0.25) is 24.5 Å². The molecule has 0 aliphatic carbocycles. The highest BCUT2D eigenvalue weighted by Gasteiger charge is 2.26. The number of nitrogens with zero attached hydrogens (tertiary/aromatic N) is 1. The monoisotopic (exact) mass is 500 g/mol. The number of carbonyl (C=O) groups excluding carboxylic acids is 4. The molecule has 0 unspecified atom stereocenters. The summed E-state index contributed by atoms with van der Waals surface area (Å²) in [5, 5.41) is 18.5. The molecule has 2 aromatic rings. The molecule has 12 nitrogen and oxygen atoms in total. The van der Waals surface area contributed by atoms with Crippen LogP contribution in [0.15, 0.2) is 48.5 Å².